The van der Waals surface area contributed by atoms with Crippen molar-refractivity contribution in [3.05, 3.63) is 121 Å². The number of hydrogen-bond acceptors (Lipinski definition) is 33. The minimum atomic E-state index is -2.10. The molecule has 103 heavy (non-hydrogen) atoms. The molecule has 17 N–H and O–H groups in total. The maximum atomic E-state index is 14.1. The third kappa shape index (κ3) is 18.3. The summed E-state index contributed by atoms with van der Waals surface area (Å²) in [5.41, 5.74) is 1.28. The van der Waals surface area contributed by atoms with E-state index in [-0.39, 0.29) is 28.4 Å². The monoisotopic (exact) mass is 1460 g/mol. The summed E-state index contributed by atoms with van der Waals surface area (Å²) in [5, 5.41) is 151. The Labute approximate surface area is 581 Å². The van der Waals surface area contributed by atoms with Gasteiger partial charge in [0, 0.05) is 73.3 Å². The van der Waals surface area contributed by atoms with E-state index in [0.717, 1.165) is 10.9 Å². The summed E-state index contributed by atoms with van der Waals surface area (Å²) in [7, 11) is 0. The van der Waals surface area contributed by atoms with E-state index in [2.05, 4.69) is 16.0 Å². The number of hydrogen-bond donors (Lipinski definition) is 17. The normalized spacial score (nSPS) is 33.7. The van der Waals surface area contributed by atoms with Gasteiger partial charge in [-0.3, -0.25) is 14.4 Å². The number of fused-ring (bicyclic) bond motifs is 3. The molecule has 37 heteroatoms. The minimum Gasteiger partial charge on any atom is -0.462 e. The average Bonchev–Trinajstić information content (AvgIpc) is 0.781. The molecule has 0 saturated carbocycles. The number of rotatable bonds is 18. The molecule has 0 bridgehead atoms. The van der Waals surface area contributed by atoms with Crippen LogP contribution in [0.2, 0.25) is 0 Å². The van der Waals surface area contributed by atoms with Crippen molar-refractivity contribution < 1.29 is 151 Å². The zero-order valence-corrected chi connectivity index (χ0v) is 55.8. The lowest BCUT2D eigenvalue weighted by atomic mass is 9.95. The summed E-state index contributed by atoms with van der Waals surface area (Å²) in [6.45, 7) is 5.40. The minimum absolute atomic E-state index is 0.156. The summed E-state index contributed by atoms with van der Waals surface area (Å²) < 4.78 is 86.1. The van der Waals surface area contributed by atoms with E-state index in [1.165, 1.54) is 57.2 Å². The topological polar surface area (TPSA) is 553 Å². The fourth-order valence-electron chi connectivity index (χ4n) is 12.2. The maximum absolute atomic E-state index is 14.1. The molecule has 5 saturated heterocycles. The van der Waals surface area contributed by atoms with E-state index in [0.29, 0.717) is 27.5 Å². The lowest BCUT2D eigenvalue weighted by molar-refractivity contribution is -0.343. The molecule has 566 valence electrons. The molecular formula is C66H82FN3O33. The van der Waals surface area contributed by atoms with Gasteiger partial charge >= 0.3 is 16.9 Å². The second kappa shape index (κ2) is 34.4. The molecule has 6 aromatic rings. The van der Waals surface area contributed by atoms with Gasteiger partial charge in [0.25, 0.3) is 0 Å². The number of aliphatic hydroxyl groups excluding tert-OH is 14. The highest BCUT2D eigenvalue weighted by molar-refractivity contribution is 5.83. The van der Waals surface area contributed by atoms with Gasteiger partial charge in [-0.25, -0.2) is 18.8 Å². The molecule has 5 aliphatic heterocycles. The number of halogens is 1. The number of aryl methyl sites for hydroxylation is 3. The van der Waals surface area contributed by atoms with E-state index in [9.17, 15) is 105 Å². The van der Waals surface area contributed by atoms with Gasteiger partial charge in [-0.15, -0.1) is 0 Å². The Balaban J connectivity index is 0.000000182. The van der Waals surface area contributed by atoms with Crippen molar-refractivity contribution in [2.24, 2.45) is 0 Å². The number of benzene rings is 3. The van der Waals surface area contributed by atoms with Crippen LogP contribution in [0.3, 0.4) is 0 Å². The highest BCUT2D eigenvalue weighted by Gasteiger charge is 2.54. The van der Waals surface area contributed by atoms with Crippen molar-refractivity contribution in [1.29, 1.82) is 0 Å². The number of nitrogens with one attached hydrogen (secondary N) is 3. The molecule has 10 unspecified atom stereocenters. The van der Waals surface area contributed by atoms with Crippen LogP contribution in [0.15, 0.2) is 100 Å². The van der Waals surface area contributed by atoms with Crippen LogP contribution in [0.1, 0.15) is 37.5 Å². The van der Waals surface area contributed by atoms with Gasteiger partial charge in [-0.1, -0.05) is 0 Å². The quantitative estimate of drug-likeness (QED) is 0.0358. The summed E-state index contributed by atoms with van der Waals surface area (Å²) in [6, 6.07) is 14.6. The number of ether oxygens (including phenoxy) is 10. The maximum Gasteiger partial charge on any atom is 0.336 e. The van der Waals surface area contributed by atoms with Crippen LogP contribution >= 0.6 is 0 Å². The van der Waals surface area contributed by atoms with Gasteiger partial charge in [0.05, 0.1) is 33.0 Å². The van der Waals surface area contributed by atoms with Crippen molar-refractivity contribution in [3.8, 4) is 17.2 Å². The van der Waals surface area contributed by atoms with Crippen LogP contribution in [-0.2, 0) is 47.5 Å². The van der Waals surface area contributed by atoms with E-state index in [4.69, 9.17) is 60.6 Å². The predicted molar refractivity (Wildman–Crippen MR) is 344 cm³/mol. The molecule has 5 aliphatic rings. The van der Waals surface area contributed by atoms with Gasteiger partial charge in [0.1, 0.15) is 150 Å². The Kier molecular flexibility index (Phi) is 26.5. The van der Waals surface area contributed by atoms with Gasteiger partial charge in [0.15, 0.2) is 18.8 Å². The van der Waals surface area contributed by atoms with Crippen LogP contribution < -0.4 is 47.0 Å². The molecule has 0 spiro atoms. The highest BCUT2D eigenvalue weighted by atomic mass is 19.1. The van der Waals surface area contributed by atoms with Crippen LogP contribution in [0, 0.1) is 20.8 Å². The highest BCUT2D eigenvalue weighted by Crippen LogP contribution is 2.36. The molecule has 5 fully saturated rings. The van der Waals surface area contributed by atoms with Crippen molar-refractivity contribution in [3.63, 3.8) is 0 Å². The van der Waals surface area contributed by atoms with Crippen molar-refractivity contribution in [2.45, 2.75) is 195 Å². The molecule has 36 nitrogen and oxygen atoms in total. The molecule has 0 radical (unpaired) electrons. The van der Waals surface area contributed by atoms with E-state index < -0.39 is 221 Å². The Morgan fingerprint density at radius 2 is 0.670 bits per heavy atom. The van der Waals surface area contributed by atoms with Crippen molar-refractivity contribution in [2.75, 3.05) is 33.0 Å². The number of carbonyl (C=O) groups excluding carboxylic acids is 3. The molecular weight excluding hydrogens is 1380 g/mol. The summed E-state index contributed by atoms with van der Waals surface area (Å²) in [4.78, 5) is 70.4. The SMILES string of the molecule is CC(=O)NC1C(O)[C@H](O)[C@H](CO)O[C@H]1Oc1ccc2c(C)cc(=O)oc2c1.CC(=O)NC1C(O)[C@H](O[C@@H]2OC(CO)[C@H](F)[C@H](O)C2O)[C@H](CO)O[C@H]1Oc1ccc2c(C)cc(=O)oc2c1.CC(=O)NC1C(O)[C@H](O[C@@H]2OC(CO)[C@H](O)[C@H](O)C2O)[C@H](CO)O[C@H]1Oc1ccc2c(C)cc(=O)oc2c1. The van der Waals surface area contributed by atoms with Crippen LogP contribution in [0.4, 0.5) is 4.39 Å². The van der Waals surface area contributed by atoms with Gasteiger partial charge in [-0.05, 0) is 73.9 Å². The fraction of sp³-hybridized carbons (Fsp3) is 0.545. The first-order chi connectivity index (χ1) is 48.9. The Hall–Kier alpha value is -7.81. The molecule has 8 heterocycles. The Morgan fingerprint density at radius 3 is 1.00 bits per heavy atom. The van der Waals surface area contributed by atoms with E-state index >= 15 is 0 Å². The molecule has 3 amide bonds. The molecule has 11 rings (SSSR count). The molecule has 0 aliphatic carbocycles. The number of amides is 3. The summed E-state index contributed by atoms with van der Waals surface area (Å²) in [5.74, 6) is -0.992. The van der Waals surface area contributed by atoms with Crippen LogP contribution in [-0.4, -0.2) is 276 Å². The predicted octanol–water partition coefficient (Wildman–Crippen LogP) is -5.10. The van der Waals surface area contributed by atoms with Crippen LogP contribution in [0.25, 0.3) is 32.9 Å². The van der Waals surface area contributed by atoms with Crippen LogP contribution in [0.5, 0.6) is 17.2 Å². The van der Waals surface area contributed by atoms with Crippen molar-refractivity contribution in [1.82, 2.24) is 16.0 Å². The standard InChI is InChI=1S/C24H30FNO12.C24H31NO13.C18H21NO8/c1-9-5-16(30)35-13-6-11(3-4-12(9)13)34-23-18(26-10(2)29)20(32)22(15(8-28)37-23)38-24-21(33)19(31)17(25)14(7-27)36-24;1-9-5-16(29)35-13-6-11(3-4-12(9)13)34-23-17(25-10(2)28)19(31)22(15(8-27)37-23)38-24-21(33)20(32)18(30)14(7-26)36-24;1-8-5-14(22)26-12-6-10(3-4-11(8)12)25-18-15(19-9(2)21)17(24)16(23)13(7-20)27-18/h3-6,14-15,17-24,27-28,31-33H,7-8H2,1-2H3,(H,26,29);3-6,14-15,17-24,26-27,30-33H,7-8H2,1-2H3,(H,25,28);3-6,13,15-18,20,23-24H,7H2,1-2H3,(H,19,21)/t14?,15-,17-,18?,19-,20?,21?,22+,23+,24-;14?,15-,17?,18-,19?,20-,21?,22+,23+,24-;13-,15?,16+,17?,18+/m000/s1. The second-order valence-corrected chi connectivity index (χ2v) is 24.9. The summed E-state index contributed by atoms with van der Waals surface area (Å²) in [6.07, 6.45) is -33.7. The molecule has 25 atom stereocenters. The lowest BCUT2D eigenvalue weighted by Crippen LogP contribution is -2.68. The Bertz CT molecular complexity index is 3900. The van der Waals surface area contributed by atoms with E-state index in [1.54, 1.807) is 57.2 Å². The van der Waals surface area contributed by atoms with Gasteiger partial charge in [-0.2, -0.15) is 0 Å². The smallest absolute Gasteiger partial charge is 0.336 e. The molecule has 3 aromatic carbocycles. The van der Waals surface area contributed by atoms with E-state index in [1.807, 2.05) is 0 Å². The fourth-order valence-corrected chi connectivity index (χ4v) is 12.2. The Morgan fingerprint density at radius 1 is 0.379 bits per heavy atom. The summed E-state index contributed by atoms with van der Waals surface area (Å²) >= 11 is 0. The lowest BCUT2D eigenvalue weighted by Gasteiger charge is -2.47. The molecule has 3 aromatic heterocycles. The first-order valence-corrected chi connectivity index (χ1v) is 32.2. The first kappa shape index (κ1) is 79.3. The number of alkyl halides is 1. The zero-order valence-electron chi connectivity index (χ0n) is 55.8. The van der Waals surface area contributed by atoms with Gasteiger partial charge in [0.2, 0.25) is 36.6 Å². The third-order valence-corrected chi connectivity index (χ3v) is 17.5. The van der Waals surface area contributed by atoms with Crippen molar-refractivity contribution >= 4 is 50.6 Å². The number of carbonyl (C=O) groups is 3. The second-order valence-electron chi connectivity index (χ2n) is 24.9. The average molecular weight is 1460 g/mol. The number of aliphatic hydroxyl groups is 14. The zero-order chi connectivity index (χ0) is 75.2. The first-order valence-electron chi connectivity index (χ1n) is 32.2. The third-order valence-electron chi connectivity index (χ3n) is 17.5. The van der Waals surface area contributed by atoms with Gasteiger partial charge < -0.3 is 148 Å². The largest absolute Gasteiger partial charge is 0.462 e.